The summed E-state index contributed by atoms with van der Waals surface area (Å²) in [5.74, 6) is 1.69. The summed E-state index contributed by atoms with van der Waals surface area (Å²) >= 11 is 0. The number of nitrogens with one attached hydrogen (secondary N) is 1. The highest BCUT2D eigenvalue weighted by atomic mass is 15.2. The first kappa shape index (κ1) is 8.29. The third-order valence-electron chi connectivity index (χ3n) is 1.97. The van der Waals surface area contributed by atoms with Crippen LogP contribution in [0.5, 0.6) is 0 Å². The maximum Gasteiger partial charge on any atom is 0.226 e. The molecule has 0 unspecified atom stereocenters. The second-order valence-electron chi connectivity index (χ2n) is 3.55. The summed E-state index contributed by atoms with van der Waals surface area (Å²) in [6.45, 7) is 0. The van der Waals surface area contributed by atoms with Crippen LogP contribution < -0.4 is 10.2 Å². The van der Waals surface area contributed by atoms with Crippen molar-refractivity contribution in [2.75, 3.05) is 24.3 Å². The fraction of sp³-hybridized carbons (Fsp3) is 0.556. The summed E-state index contributed by atoms with van der Waals surface area (Å²) in [6.07, 6.45) is 4.32. The van der Waals surface area contributed by atoms with Crippen molar-refractivity contribution in [2.24, 2.45) is 0 Å². The summed E-state index contributed by atoms with van der Waals surface area (Å²) in [4.78, 5) is 10.4. The molecule has 0 bridgehead atoms. The van der Waals surface area contributed by atoms with Gasteiger partial charge in [-0.25, -0.2) is 4.98 Å². The molecule has 1 heterocycles. The van der Waals surface area contributed by atoms with Crippen LogP contribution in [0.15, 0.2) is 12.3 Å². The van der Waals surface area contributed by atoms with Crippen molar-refractivity contribution in [3.8, 4) is 0 Å². The number of hydrogen-bond donors (Lipinski definition) is 1. The SMILES string of the molecule is CN(C)c1nccc(NC2CC2)n1. The van der Waals surface area contributed by atoms with Crippen LogP contribution >= 0.6 is 0 Å². The lowest BCUT2D eigenvalue weighted by Crippen LogP contribution is -2.14. The third-order valence-corrected chi connectivity index (χ3v) is 1.97. The lowest BCUT2D eigenvalue weighted by Gasteiger charge is -2.11. The van der Waals surface area contributed by atoms with Crippen LogP contribution in [0.25, 0.3) is 0 Å². The minimum Gasteiger partial charge on any atom is -0.367 e. The van der Waals surface area contributed by atoms with E-state index in [-0.39, 0.29) is 0 Å². The van der Waals surface area contributed by atoms with Crippen LogP contribution in [0, 0.1) is 0 Å². The molecular weight excluding hydrogens is 164 g/mol. The Labute approximate surface area is 78.0 Å². The lowest BCUT2D eigenvalue weighted by atomic mass is 10.5. The molecule has 1 aromatic heterocycles. The van der Waals surface area contributed by atoms with Gasteiger partial charge in [-0.3, -0.25) is 0 Å². The Hall–Kier alpha value is -1.32. The van der Waals surface area contributed by atoms with E-state index in [4.69, 9.17) is 0 Å². The molecule has 1 aromatic rings. The first-order valence-corrected chi connectivity index (χ1v) is 4.52. The normalized spacial score (nSPS) is 15.5. The molecule has 0 atom stereocenters. The van der Waals surface area contributed by atoms with Gasteiger partial charge in [0.2, 0.25) is 5.95 Å². The Morgan fingerprint density at radius 2 is 2.23 bits per heavy atom. The fourth-order valence-electron chi connectivity index (χ4n) is 1.08. The van der Waals surface area contributed by atoms with E-state index in [1.54, 1.807) is 6.20 Å². The average Bonchev–Trinajstić information content (AvgIpc) is 2.89. The maximum atomic E-state index is 4.36. The molecule has 4 heteroatoms. The molecule has 0 radical (unpaired) electrons. The van der Waals surface area contributed by atoms with Crippen molar-refractivity contribution < 1.29 is 0 Å². The van der Waals surface area contributed by atoms with Gasteiger partial charge in [0.05, 0.1) is 0 Å². The van der Waals surface area contributed by atoms with E-state index in [9.17, 15) is 0 Å². The maximum absolute atomic E-state index is 4.36. The van der Waals surface area contributed by atoms with Crippen molar-refractivity contribution >= 4 is 11.8 Å². The van der Waals surface area contributed by atoms with E-state index in [1.807, 2.05) is 25.1 Å². The molecule has 0 amide bonds. The van der Waals surface area contributed by atoms with Crippen LogP contribution in [0.4, 0.5) is 11.8 Å². The zero-order chi connectivity index (χ0) is 9.26. The molecule has 4 nitrogen and oxygen atoms in total. The van der Waals surface area contributed by atoms with Gasteiger partial charge in [-0.05, 0) is 18.9 Å². The summed E-state index contributed by atoms with van der Waals surface area (Å²) in [6, 6.07) is 2.55. The van der Waals surface area contributed by atoms with E-state index in [0.717, 1.165) is 11.8 Å². The first-order chi connectivity index (χ1) is 6.25. The molecule has 1 aliphatic rings. The minimum absolute atomic E-state index is 0.643. The number of nitrogens with zero attached hydrogens (tertiary/aromatic N) is 3. The van der Waals surface area contributed by atoms with Crippen molar-refractivity contribution in [1.29, 1.82) is 0 Å². The van der Waals surface area contributed by atoms with Crippen molar-refractivity contribution in [3.63, 3.8) is 0 Å². The quantitative estimate of drug-likeness (QED) is 0.753. The van der Waals surface area contributed by atoms with Crippen molar-refractivity contribution in [1.82, 2.24) is 9.97 Å². The number of rotatable bonds is 3. The van der Waals surface area contributed by atoms with Gasteiger partial charge < -0.3 is 10.2 Å². The highest BCUT2D eigenvalue weighted by molar-refractivity contribution is 5.41. The van der Waals surface area contributed by atoms with Crippen molar-refractivity contribution in [2.45, 2.75) is 18.9 Å². The van der Waals surface area contributed by atoms with Crippen LogP contribution in [0.3, 0.4) is 0 Å². The van der Waals surface area contributed by atoms with Gasteiger partial charge in [0.15, 0.2) is 0 Å². The molecule has 1 N–H and O–H groups in total. The number of aromatic nitrogens is 2. The fourth-order valence-corrected chi connectivity index (χ4v) is 1.08. The summed E-state index contributed by atoms with van der Waals surface area (Å²) < 4.78 is 0. The molecule has 1 fully saturated rings. The van der Waals surface area contributed by atoms with Crippen LogP contribution in [0.1, 0.15) is 12.8 Å². The van der Waals surface area contributed by atoms with Crippen LogP contribution in [-0.2, 0) is 0 Å². The van der Waals surface area contributed by atoms with E-state index >= 15 is 0 Å². The third kappa shape index (κ3) is 2.08. The molecular formula is C9H14N4. The number of anilines is 2. The van der Waals surface area contributed by atoms with Gasteiger partial charge in [-0.1, -0.05) is 0 Å². The molecule has 0 aromatic carbocycles. The van der Waals surface area contributed by atoms with Gasteiger partial charge in [0.25, 0.3) is 0 Å². The Morgan fingerprint density at radius 3 is 2.85 bits per heavy atom. The Kier molecular flexibility index (Phi) is 2.04. The van der Waals surface area contributed by atoms with E-state index in [0.29, 0.717) is 6.04 Å². The second-order valence-corrected chi connectivity index (χ2v) is 3.55. The molecule has 2 rings (SSSR count). The Balaban J connectivity index is 2.11. The smallest absolute Gasteiger partial charge is 0.226 e. The summed E-state index contributed by atoms with van der Waals surface area (Å²) in [5, 5.41) is 3.33. The van der Waals surface area contributed by atoms with Gasteiger partial charge >= 0.3 is 0 Å². The predicted octanol–water partition coefficient (Wildman–Crippen LogP) is 1.12. The summed E-state index contributed by atoms with van der Waals surface area (Å²) in [7, 11) is 3.88. The molecule has 1 aliphatic carbocycles. The highest BCUT2D eigenvalue weighted by Crippen LogP contribution is 2.23. The zero-order valence-corrected chi connectivity index (χ0v) is 7.99. The highest BCUT2D eigenvalue weighted by Gasteiger charge is 2.21. The van der Waals surface area contributed by atoms with Crippen molar-refractivity contribution in [3.05, 3.63) is 12.3 Å². The van der Waals surface area contributed by atoms with E-state index in [1.165, 1.54) is 12.8 Å². The summed E-state index contributed by atoms with van der Waals surface area (Å²) in [5.41, 5.74) is 0. The monoisotopic (exact) mass is 178 g/mol. The Morgan fingerprint density at radius 1 is 1.46 bits per heavy atom. The predicted molar refractivity (Wildman–Crippen MR) is 53.0 cm³/mol. The molecule has 0 aliphatic heterocycles. The first-order valence-electron chi connectivity index (χ1n) is 4.52. The van der Waals surface area contributed by atoms with Gasteiger partial charge in [0, 0.05) is 26.3 Å². The topological polar surface area (TPSA) is 41.1 Å². The average molecular weight is 178 g/mol. The standard InChI is InChI=1S/C9H14N4/c1-13(2)9-10-6-5-8(12-9)11-7-3-4-7/h5-7H,3-4H2,1-2H3,(H,10,11,12). The molecule has 0 spiro atoms. The number of hydrogen-bond acceptors (Lipinski definition) is 4. The molecule has 0 saturated heterocycles. The van der Waals surface area contributed by atoms with E-state index in [2.05, 4.69) is 15.3 Å². The van der Waals surface area contributed by atoms with Crippen LogP contribution in [0.2, 0.25) is 0 Å². The van der Waals surface area contributed by atoms with Gasteiger partial charge in [-0.2, -0.15) is 4.98 Å². The minimum atomic E-state index is 0.643. The van der Waals surface area contributed by atoms with Gasteiger partial charge in [-0.15, -0.1) is 0 Å². The van der Waals surface area contributed by atoms with Gasteiger partial charge in [0.1, 0.15) is 5.82 Å². The lowest BCUT2D eigenvalue weighted by molar-refractivity contribution is 0.987. The molecule has 13 heavy (non-hydrogen) atoms. The Bertz CT molecular complexity index is 293. The molecule has 1 saturated carbocycles. The largest absolute Gasteiger partial charge is 0.367 e. The molecule has 70 valence electrons. The van der Waals surface area contributed by atoms with E-state index < -0.39 is 0 Å². The second kappa shape index (κ2) is 3.20. The van der Waals surface area contributed by atoms with Crippen LogP contribution in [-0.4, -0.2) is 30.1 Å². The zero-order valence-electron chi connectivity index (χ0n) is 7.99.